The molecule has 0 aliphatic rings. The highest BCUT2D eigenvalue weighted by atomic mass is 32.1. The maximum atomic E-state index is 9.78. The number of phenolic OH excluding ortho intramolecular Hbond substituents is 1. The fraction of sp³-hybridized carbons (Fsp3) is 0.273. The van der Waals surface area contributed by atoms with Crippen molar-refractivity contribution in [3.8, 4) is 5.75 Å². The summed E-state index contributed by atoms with van der Waals surface area (Å²) in [6.07, 6.45) is 1.02. The third kappa shape index (κ3) is 1.22. The molecule has 2 heteroatoms. The average Bonchev–Trinajstić information content (AvgIpc) is 2.60. The summed E-state index contributed by atoms with van der Waals surface area (Å²) in [5.41, 5.74) is 2.30. The first kappa shape index (κ1) is 8.57. The van der Waals surface area contributed by atoms with Gasteiger partial charge >= 0.3 is 0 Å². The molecule has 0 saturated carbocycles. The topological polar surface area (TPSA) is 20.2 Å². The molecule has 0 unspecified atom stereocenters. The second-order valence-electron chi connectivity index (χ2n) is 3.22. The molecule has 13 heavy (non-hydrogen) atoms. The molecule has 2 rings (SSSR count). The Labute approximate surface area is 81.6 Å². The predicted molar refractivity (Wildman–Crippen MR) is 57.6 cm³/mol. The van der Waals surface area contributed by atoms with Gasteiger partial charge in [-0.25, -0.2) is 0 Å². The fourth-order valence-electron chi connectivity index (χ4n) is 1.62. The quantitative estimate of drug-likeness (QED) is 0.733. The number of hydrogen-bond donors (Lipinski definition) is 1. The number of benzene rings is 1. The largest absolute Gasteiger partial charge is 0.506 e. The first-order valence-electron chi connectivity index (χ1n) is 4.42. The van der Waals surface area contributed by atoms with E-state index in [4.69, 9.17) is 0 Å². The van der Waals surface area contributed by atoms with Gasteiger partial charge < -0.3 is 5.11 Å². The monoisotopic (exact) mass is 192 g/mol. The van der Waals surface area contributed by atoms with Crippen molar-refractivity contribution in [2.75, 3.05) is 0 Å². The van der Waals surface area contributed by atoms with Gasteiger partial charge in [-0.3, -0.25) is 0 Å². The molecule has 0 bridgehead atoms. The lowest BCUT2D eigenvalue weighted by molar-refractivity contribution is 0.478. The van der Waals surface area contributed by atoms with Crippen LogP contribution in [0.4, 0.5) is 0 Å². The van der Waals surface area contributed by atoms with E-state index in [1.807, 2.05) is 12.3 Å². The van der Waals surface area contributed by atoms with Crippen molar-refractivity contribution >= 4 is 21.4 Å². The van der Waals surface area contributed by atoms with Gasteiger partial charge in [0.25, 0.3) is 0 Å². The number of aromatic hydroxyl groups is 1. The van der Waals surface area contributed by atoms with E-state index >= 15 is 0 Å². The van der Waals surface area contributed by atoms with Crippen molar-refractivity contribution in [1.82, 2.24) is 0 Å². The van der Waals surface area contributed by atoms with Crippen molar-refractivity contribution in [2.24, 2.45) is 0 Å². The molecule has 0 aliphatic carbocycles. The maximum absolute atomic E-state index is 9.78. The first-order valence-corrected chi connectivity index (χ1v) is 5.30. The zero-order valence-corrected chi connectivity index (χ0v) is 8.61. The standard InChI is InChI=1S/C11H12OS/c1-3-8-6-7(2)10(12)11-9(8)4-5-13-11/h4-6,12H,3H2,1-2H3. The van der Waals surface area contributed by atoms with Crippen LogP contribution in [0.1, 0.15) is 18.1 Å². The Bertz CT molecular complexity index is 443. The Balaban J connectivity index is 2.87. The van der Waals surface area contributed by atoms with Crippen LogP contribution in [0.15, 0.2) is 17.5 Å². The van der Waals surface area contributed by atoms with Crippen LogP contribution in [0, 0.1) is 6.92 Å². The van der Waals surface area contributed by atoms with E-state index in [1.54, 1.807) is 11.3 Å². The summed E-state index contributed by atoms with van der Waals surface area (Å²) in [4.78, 5) is 0. The Morgan fingerprint density at radius 1 is 1.46 bits per heavy atom. The smallest absolute Gasteiger partial charge is 0.136 e. The molecule has 0 atom stereocenters. The van der Waals surface area contributed by atoms with E-state index in [0.717, 1.165) is 16.7 Å². The molecule has 1 nitrogen and oxygen atoms in total. The Hall–Kier alpha value is -1.02. The van der Waals surface area contributed by atoms with Crippen LogP contribution in [0.2, 0.25) is 0 Å². The molecule has 68 valence electrons. The average molecular weight is 192 g/mol. The minimum atomic E-state index is 0.446. The van der Waals surface area contributed by atoms with Gasteiger partial charge in [-0.2, -0.15) is 0 Å². The second-order valence-corrected chi connectivity index (χ2v) is 4.13. The van der Waals surface area contributed by atoms with E-state index in [2.05, 4.69) is 19.1 Å². The lowest BCUT2D eigenvalue weighted by Crippen LogP contribution is -1.84. The molecule has 0 fully saturated rings. The van der Waals surface area contributed by atoms with E-state index in [-0.39, 0.29) is 0 Å². The van der Waals surface area contributed by atoms with Crippen molar-refractivity contribution in [3.05, 3.63) is 28.6 Å². The van der Waals surface area contributed by atoms with E-state index in [9.17, 15) is 5.11 Å². The Kier molecular flexibility index (Phi) is 2.00. The molecule has 0 spiro atoms. The number of hydrogen-bond acceptors (Lipinski definition) is 2. The molecule has 0 saturated heterocycles. The van der Waals surface area contributed by atoms with Gasteiger partial charge in [0.05, 0.1) is 4.70 Å². The number of fused-ring (bicyclic) bond motifs is 1. The Morgan fingerprint density at radius 2 is 2.23 bits per heavy atom. The molecule has 0 radical (unpaired) electrons. The van der Waals surface area contributed by atoms with Gasteiger partial charge in [-0.1, -0.05) is 13.0 Å². The highest BCUT2D eigenvalue weighted by Crippen LogP contribution is 2.35. The van der Waals surface area contributed by atoms with Gasteiger partial charge in [0.1, 0.15) is 5.75 Å². The summed E-state index contributed by atoms with van der Waals surface area (Å²) >= 11 is 1.61. The first-order chi connectivity index (χ1) is 6.24. The summed E-state index contributed by atoms with van der Waals surface area (Å²) in [5.74, 6) is 0.446. The van der Waals surface area contributed by atoms with Crippen LogP contribution in [0.25, 0.3) is 10.1 Å². The molecule has 1 heterocycles. The normalized spacial score (nSPS) is 10.9. The molecule has 2 aromatic rings. The van der Waals surface area contributed by atoms with E-state index in [0.29, 0.717) is 5.75 Å². The summed E-state index contributed by atoms with van der Waals surface area (Å²) in [6, 6.07) is 4.16. The molecule has 0 aliphatic heterocycles. The van der Waals surface area contributed by atoms with Crippen molar-refractivity contribution in [3.63, 3.8) is 0 Å². The van der Waals surface area contributed by atoms with Crippen LogP contribution in [0.5, 0.6) is 5.75 Å². The molecule has 1 aromatic carbocycles. The van der Waals surface area contributed by atoms with E-state index in [1.165, 1.54) is 10.9 Å². The summed E-state index contributed by atoms with van der Waals surface area (Å²) in [6.45, 7) is 4.09. The summed E-state index contributed by atoms with van der Waals surface area (Å²) in [7, 11) is 0. The maximum Gasteiger partial charge on any atom is 0.136 e. The third-order valence-corrected chi connectivity index (χ3v) is 3.29. The number of rotatable bonds is 1. The van der Waals surface area contributed by atoms with Crippen molar-refractivity contribution in [1.29, 1.82) is 0 Å². The van der Waals surface area contributed by atoms with Crippen molar-refractivity contribution in [2.45, 2.75) is 20.3 Å². The molecular weight excluding hydrogens is 180 g/mol. The summed E-state index contributed by atoms with van der Waals surface area (Å²) < 4.78 is 1.02. The Morgan fingerprint density at radius 3 is 2.92 bits per heavy atom. The SMILES string of the molecule is CCc1cc(C)c(O)c2sccc12. The fourth-order valence-corrected chi connectivity index (χ4v) is 2.56. The van der Waals surface area contributed by atoms with Crippen molar-refractivity contribution < 1.29 is 5.11 Å². The predicted octanol–water partition coefficient (Wildman–Crippen LogP) is 3.48. The van der Waals surface area contributed by atoms with Crippen LogP contribution in [-0.2, 0) is 6.42 Å². The third-order valence-electron chi connectivity index (χ3n) is 2.37. The molecule has 0 amide bonds. The molecule has 1 aromatic heterocycles. The molecule has 1 N–H and O–H groups in total. The zero-order chi connectivity index (χ0) is 9.42. The van der Waals surface area contributed by atoms with Gasteiger partial charge in [0.2, 0.25) is 0 Å². The van der Waals surface area contributed by atoms with Gasteiger partial charge in [0, 0.05) is 0 Å². The number of phenols is 1. The van der Waals surface area contributed by atoms with Gasteiger partial charge in [-0.05, 0) is 41.3 Å². The second kappa shape index (κ2) is 3.04. The van der Waals surface area contributed by atoms with Crippen LogP contribution < -0.4 is 0 Å². The van der Waals surface area contributed by atoms with Crippen LogP contribution in [0.3, 0.4) is 0 Å². The number of thiophene rings is 1. The summed E-state index contributed by atoms with van der Waals surface area (Å²) in [5, 5.41) is 13.0. The zero-order valence-electron chi connectivity index (χ0n) is 7.79. The lowest BCUT2D eigenvalue weighted by atomic mass is 10.0. The molecular formula is C11H12OS. The highest BCUT2D eigenvalue weighted by molar-refractivity contribution is 7.17. The van der Waals surface area contributed by atoms with Gasteiger partial charge in [-0.15, -0.1) is 11.3 Å². The van der Waals surface area contributed by atoms with Gasteiger partial charge in [0.15, 0.2) is 0 Å². The minimum absolute atomic E-state index is 0.446. The van der Waals surface area contributed by atoms with Crippen LogP contribution in [-0.4, -0.2) is 5.11 Å². The minimum Gasteiger partial charge on any atom is -0.506 e. The highest BCUT2D eigenvalue weighted by Gasteiger charge is 2.08. The van der Waals surface area contributed by atoms with Crippen LogP contribution >= 0.6 is 11.3 Å². The van der Waals surface area contributed by atoms with E-state index < -0.39 is 0 Å². The number of aryl methyl sites for hydroxylation is 2. The lowest BCUT2D eigenvalue weighted by Gasteiger charge is -2.04.